The van der Waals surface area contributed by atoms with E-state index < -0.39 is 0 Å². The number of hydrogen-bond acceptors (Lipinski definition) is 2. The normalized spacial score (nSPS) is 22.4. The number of nitrogens with zero attached hydrogens (tertiary/aromatic N) is 1. The smallest absolute Gasteiger partial charge is 0.00101 e. The Morgan fingerprint density at radius 2 is 2.00 bits per heavy atom. The summed E-state index contributed by atoms with van der Waals surface area (Å²) < 4.78 is 0. The summed E-state index contributed by atoms with van der Waals surface area (Å²) in [4.78, 5) is 2.49. The molecule has 0 aromatic carbocycles. The van der Waals surface area contributed by atoms with Crippen molar-refractivity contribution < 1.29 is 0 Å². The molecule has 2 heteroatoms. The van der Waals surface area contributed by atoms with Crippen LogP contribution < -0.4 is 5.73 Å². The van der Waals surface area contributed by atoms with Gasteiger partial charge in [-0.15, -0.1) is 0 Å². The standard InChI is InChI=1S/C9H19N2/c1-9(4-5-10)8-11-6-2-3-7-11/h9H,1-8,10H2. The van der Waals surface area contributed by atoms with E-state index in [4.69, 9.17) is 5.73 Å². The van der Waals surface area contributed by atoms with Crippen molar-refractivity contribution in [2.75, 3.05) is 26.2 Å². The van der Waals surface area contributed by atoms with E-state index in [1.807, 2.05) is 0 Å². The largest absolute Gasteiger partial charge is 0.330 e. The van der Waals surface area contributed by atoms with Gasteiger partial charge in [-0.25, -0.2) is 0 Å². The minimum atomic E-state index is 0.540. The molecule has 0 aromatic rings. The molecule has 2 N–H and O–H groups in total. The molecule has 0 amide bonds. The highest BCUT2D eigenvalue weighted by Gasteiger charge is 2.13. The summed E-state index contributed by atoms with van der Waals surface area (Å²) >= 11 is 0. The Morgan fingerprint density at radius 3 is 2.55 bits per heavy atom. The van der Waals surface area contributed by atoms with Crippen molar-refractivity contribution in [3.8, 4) is 0 Å². The Balaban J connectivity index is 2.08. The minimum Gasteiger partial charge on any atom is -0.330 e. The van der Waals surface area contributed by atoms with E-state index >= 15 is 0 Å². The van der Waals surface area contributed by atoms with Crippen LogP contribution >= 0.6 is 0 Å². The van der Waals surface area contributed by atoms with Crippen molar-refractivity contribution in [1.82, 2.24) is 4.90 Å². The molecule has 11 heavy (non-hydrogen) atoms. The van der Waals surface area contributed by atoms with E-state index in [0.717, 1.165) is 19.5 Å². The topological polar surface area (TPSA) is 29.3 Å². The summed E-state index contributed by atoms with van der Waals surface area (Å²) in [7, 11) is 0. The maximum Gasteiger partial charge on any atom is 0.00101 e. The second kappa shape index (κ2) is 4.73. The fraction of sp³-hybridized carbons (Fsp3) is 0.889. The Hall–Kier alpha value is -0.0800. The van der Waals surface area contributed by atoms with Crippen molar-refractivity contribution in [1.29, 1.82) is 0 Å². The van der Waals surface area contributed by atoms with E-state index in [-0.39, 0.29) is 0 Å². The highest BCUT2D eigenvalue weighted by molar-refractivity contribution is 4.72. The fourth-order valence-electron chi connectivity index (χ4n) is 1.66. The first-order chi connectivity index (χ1) is 5.33. The zero-order valence-corrected chi connectivity index (χ0v) is 7.26. The first-order valence-electron chi connectivity index (χ1n) is 4.58. The third-order valence-electron chi connectivity index (χ3n) is 2.29. The van der Waals surface area contributed by atoms with Gasteiger partial charge in [0.25, 0.3) is 0 Å². The summed E-state index contributed by atoms with van der Waals surface area (Å²) in [5.41, 5.74) is 5.45. The van der Waals surface area contributed by atoms with Crippen LogP contribution in [0, 0.1) is 12.8 Å². The first-order valence-corrected chi connectivity index (χ1v) is 4.58. The van der Waals surface area contributed by atoms with Gasteiger partial charge in [-0.1, -0.05) is 0 Å². The molecular formula is C9H19N2. The second-order valence-corrected chi connectivity index (χ2v) is 3.45. The Morgan fingerprint density at radius 1 is 1.36 bits per heavy atom. The molecule has 2 nitrogen and oxygen atoms in total. The average molecular weight is 155 g/mol. The van der Waals surface area contributed by atoms with Crippen LogP contribution in [0.4, 0.5) is 0 Å². The molecule has 65 valence electrons. The van der Waals surface area contributed by atoms with Crippen LogP contribution in [0.25, 0.3) is 0 Å². The third kappa shape index (κ3) is 3.21. The summed E-state index contributed by atoms with van der Waals surface area (Å²) in [5.74, 6) is 0.540. The number of rotatable bonds is 4. The monoisotopic (exact) mass is 155 g/mol. The van der Waals surface area contributed by atoms with Crippen LogP contribution in [0.3, 0.4) is 0 Å². The predicted octanol–water partition coefficient (Wildman–Crippen LogP) is 0.881. The van der Waals surface area contributed by atoms with Gasteiger partial charge < -0.3 is 10.6 Å². The Bertz CT molecular complexity index is 97.7. The van der Waals surface area contributed by atoms with Gasteiger partial charge in [0.05, 0.1) is 0 Å². The second-order valence-electron chi connectivity index (χ2n) is 3.45. The number of likely N-dealkylation sites (tertiary alicyclic amines) is 1. The maximum atomic E-state index is 5.45. The lowest BCUT2D eigenvalue weighted by molar-refractivity contribution is 0.296. The van der Waals surface area contributed by atoms with Crippen molar-refractivity contribution in [2.24, 2.45) is 11.7 Å². The van der Waals surface area contributed by atoms with Crippen molar-refractivity contribution in [3.05, 3.63) is 6.92 Å². The molecule has 1 radical (unpaired) electrons. The van der Waals surface area contributed by atoms with Gasteiger partial charge in [-0.2, -0.15) is 0 Å². The van der Waals surface area contributed by atoms with E-state index in [1.165, 1.54) is 25.9 Å². The van der Waals surface area contributed by atoms with E-state index in [2.05, 4.69) is 11.8 Å². The Labute approximate surface area is 69.8 Å². The van der Waals surface area contributed by atoms with E-state index in [0.29, 0.717) is 5.92 Å². The van der Waals surface area contributed by atoms with Gasteiger partial charge in [0.1, 0.15) is 0 Å². The molecule has 1 saturated heterocycles. The van der Waals surface area contributed by atoms with Crippen LogP contribution in [0.2, 0.25) is 0 Å². The van der Waals surface area contributed by atoms with Crippen LogP contribution in [0.15, 0.2) is 0 Å². The first kappa shape index (κ1) is 9.01. The van der Waals surface area contributed by atoms with Crippen LogP contribution in [0.5, 0.6) is 0 Å². The maximum absolute atomic E-state index is 5.45. The summed E-state index contributed by atoms with van der Waals surface area (Å²) in [6.45, 7) is 8.55. The van der Waals surface area contributed by atoms with Gasteiger partial charge in [0, 0.05) is 6.54 Å². The highest BCUT2D eigenvalue weighted by atomic mass is 15.1. The molecule has 0 aromatic heterocycles. The fourth-order valence-corrected chi connectivity index (χ4v) is 1.66. The van der Waals surface area contributed by atoms with Crippen LogP contribution in [-0.2, 0) is 0 Å². The van der Waals surface area contributed by atoms with Crippen LogP contribution in [0.1, 0.15) is 19.3 Å². The van der Waals surface area contributed by atoms with Crippen molar-refractivity contribution >= 4 is 0 Å². The lowest BCUT2D eigenvalue weighted by Gasteiger charge is -2.19. The molecular weight excluding hydrogens is 136 g/mol. The number of hydrogen-bond donors (Lipinski definition) is 1. The molecule has 1 atom stereocenters. The minimum absolute atomic E-state index is 0.540. The molecule has 1 aliphatic heterocycles. The lowest BCUT2D eigenvalue weighted by Crippen LogP contribution is -2.26. The summed E-state index contributed by atoms with van der Waals surface area (Å²) in [5, 5.41) is 0. The van der Waals surface area contributed by atoms with Gasteiger partial charge in [-0.3, -0.25) is 0 Å². The molecule has 1 unspecified atom stereocenters. The molecule has 0 bridgehead atoms. The summed E-state index contributed by atoms with van der Waals surface area (Å²) in [6.07, 6.45) is 3.81. The molecule has 0 spiro atoms. The SMILES string of the molecule is [CH2]C(CCN)CN1CCCC1. The predicted molar refractivity (Wildman–Crippen MR) is 48.2 cm³/mol. The van der Waals surface area contributed by atoms with Gasteiger partial charge >= 0.3 is 0 Å². The zero-order chi connectivity index (χ0) is 8.10. The van der Waals surface area contributed by atoms with Crippen molar-refractivity contribution in [2.45, 2.75) is 19.3 Å². The molecule has 1 fully saturated rings. The molecule has 0 aliphatic carbocycles. The van der Waals surface area contributed by atoms with Gasteiger partial charge in [0.2, 0.25) is 0 Å². The average Bonchev–Trinajstić information content (AvgIpc) is 2.40. The molecule has 1 heterocycles. The quantitative estimate of drug-likeness (QED) is 0.653. The van der Waals surface area contributed by atoms with Gasteiger partial charge in [0.15, 0.2) is 0 Å². The van der Waals surface area contributed by atoms with Crippen LogP contribution in [-0.4, -0.2) is 31.1 Å². The molecule has 1 rings (SSSR count). The zero-order valence-electron chi connectivity index (χ0n) is 7.26. The molecule has 0 saturated carbocycles. The van der Waals surface area contributed by atoms with E-state index in [9.17, 15) is 0 Å². The van der Waals surface area contributed by atoms with E-state index in [1.54, 1.807) is 0 Å². The molecule has 1 aliphatic rings. The Kier molecular flexibility index (Phi) is 3.87. The van der Waals surface area contributed by atoms with Crippen molar-refractivity contribution in [3.63, 3.8) is 0 Å². The lowest BCUT2D eigenvalue weighted by atomic mass is 10.1. The number of nitrogens with two attached hydrogens (primary N) is 1. The summed E-state index contributed by atoms with van der Waals surface area (Å²) in [6, 6.07) is 0. The third-order valence-corrected chi connectivity index (χ3v) is 2.29. The highest BCUT2D eigenvalue weighted by Crippen LogP contribution is 2.11. The van der Waals surface area contributed by atoms with Gasteiger partial charge in [-0.05, 0) is 51.7 Å².